The molecule has 0 bridgehead atoms. The predicted octanol–water partition coefficient (Wildman–Crippen LogP) is 0.421. The van der Waals surface area contributed by atoms with Gasteiger partial charge >= 0.3 is 0 Å². The normalized spacial score (nSPS) is 35.3. The fourth-order valence-electron chi connectivity index (χ4n) is 2.14. The standard InChI is InChI=1S/C14H20O5/c1-2-10-11(15)12(16)13(17)14(19-10)18-8-9-6-4-3-5-7-9/h3-7,10-17H,2,8H2,1H3/t10-,11-,12+,13+,14+/m1/s1. The Bertz CT molecular complexity index is 381. The largest absolute Gasteiger partial charge is 0.388 e. The van der Waals surface area contributed by atoms with Crippen LogP contribution in [0.5, 0.6) is 0 Å². The number of hydrogen-bond donors (Lipinski definition) is 3. The topological polar surface area (TPSA) is 79.2 Å². The van der Waals surface area contributed by atoms with Crippen LogP contribution in [0.2, 0.25) is 0 Å². The van der Waals surface area contributed by atoms with E-state index in [0.717, 1.165) is 5.56 Å². The number of ether oxygens (including phenoxy) is 2. The summed E-state index contributed by atoms with van der Waals surface area (Å²) in [6, 6.07) is 9.49. The molecule has 5 atom stereocenters. The first-order valence-electron chi connectivity index (χ1n) is 6.48. The third-order valence-electron chi connectivity index (χ3n) is 3.33. The summed E-state index contributed by atoms with van der Waals surface area (Å²) in [5, 5.41) is 29.3. The van der Waals surface area contributed by atoms with Crippen molar-refractivity contribution < 1.29 is 24.8 Å². The summed E-state index contributed by atoms with van der Waals surface area (Å²) in [7, 11) is 0. The smallest absolute Gasteiger partial charge is 0.186 e. The van der Waals surface area contributed by atoms with Crippen molar-refractivity contribution in [3.8, 4) is 0 Å². The first-order valence-corrected chi connectivity index (χ1v) is 6.48. The van der Waals surface area contributed by atoms with E-state index in [9.17, 15) is 15.3 Å². The van der Waals surface area contributed by atoms with E-state index < -0.39 is 30.7 Å². The second-order valence-electron chi connectivity index (χ2n) is 4.72. The van der Waals surface area contributed by atoms with Crippen LogP contribution < -0.4 is 0 Å². The molecule has 1 aromatic rings. The van der Waals surface area contributed by atoms with Gasteiger partial charge in [0, 0.05) is 0 Å². The minimum atomic E-state index is -1.25. The summed E-state index contributed by atoms with van der Waals surface area (Å²) >= 11 is 0. The molecule has 0 aromatic heterocycles. The van der Waals surface area contributed by atoms with E-state index in [1.807, 2.05) is 37.3 Å². The lowest BCUT2D eigenvalue weighted by Gasteiger charge is -2.40. The minimum absolute atomic E-state index is 0.280. The molecular weight excluding hydrogens is 248 g/mol. The Kier molecular flexibility index (Phi) is 4.90. The summed E-state index contributed by atoms with van der Waals surface area (Å²) < 4.78 is 11.0. The molecule has 1 saturated heterocycles. The van der Waals surface area contributed by atoms with Crippen LogP contribution in [0, 0.1) is 0 Å². The van der Waals surface area contributed by atoms with Gasteiger partial charge in [0.1, 0.15) is 18.3 Å². The second kappa shape index (κ2) is 6.45. The summed E-state index contributed by atoms with van der Waals surface area (Å²) in [4.78, 5) is 0. The molecular formula is C14H20O5. The van der Waals surface area contributed by atoms with Crippen molar-refractivity contribution in [2.45, 2.75) is 50.7 Å². The Hall–Kier alpha value is -0.980. The van der Waals surface area contributed by atoms with Crippen molar-refractivity contribution in [3.63, 3.8) is 0 Å². The Morgan fingerprint density at radius 3 is 2.37 bits per heavy atom. The third-order valence-corrected chi connectivity index (χ3v) is 3.33. The molecule has 1 aromatic carbocycles. The average molecular weight is 268 g/mol. The zero-order valence-electron chi connectivity index (χ0n) is 10.8. The van der Waals surface area contributed by atoms with E-state index in [1.165, 1.54) is 0 Å². The fourth-order valence-corrected chi connectivity index (χ4v) is 2.14. The lowest BCUT2D eigenvalue weighted by Crippen LogP contribution is -2.57. The van der Waals surface area contributed by atoms with Gasteiger partial charge < -0.3 is 24.8 Å². The van der Waals surface area contributed by atoms with Gasteiger partial charge in [0.2, 0.25) is 0 Å². The summed E-state index contributed by atoms with van der Waals surface area (Å²) in [6.07, 6.45) is -4.50. The van der Waals surface area contributed by atoms with Gasteiger partial charge in [0.05, 0.1) is 12.7 Å². The molecule has 0 radical (unpaired) electrons. The fraction of sp³-hybridized carbons (Fsp3) is 0.571. The van der Waals surface area contributed by atoms with Crippen LogP contribution in [-0.2, 0) is 16.1 Å². The van der Waals surface area contributed by atoms with Gasteiger partial charge in [0.15, 0.2) is 6.29 Å². The van der Waals surface area contributed by atoms with Gasteiger partial charge in [-0.25, -0.2) is 0 Å². The maximum absolute atomic E-state index is 9.84. The molecule has 3 N–H and O–H groups in total. The Morgan fingerprint density at radius 1 is 1.05 bits per heavy atom. The molecule has 2 rings (SSSR count). The van der Waals surface area contributed by atoms with Crippen LogP contribution in [0.3, 0.4) is 0 Å². The van der Waals surface area contributed by atoms with Gasteiger partial charge in [-0.2, -0.15) is 0 Å². The highest BCUT2D eigenvalue weighted by molar-refractivity contribution is 5.13. The highest BCUT2D eigenvalue weighted by Crippen LogP contribution is 2.24. The zero-order valence-corrected chi connectivity index (χ0v) is 10.8. The first kappa shape index (κ1) is 14.4. The van der Waals surface area contributed by atoms with Crippen LogP contribution >= 0.6 is 0 Å². The SMILES string of the molecule is CC[C@H]1O[C@H](OCc2ccccc2)[C@@H](O)[C@@H](O)[C@@H]1O. The summed E-state index contributed by atoms with van der Waals surface area (Å²) in [6.45, 7) is 2.12. The number of aliphatic hydroxyl groups is 3. The van der Waals surface area contributed by atoms with Crippen molar-refractivity contribution in [1.29, 1.82) is 0 Å². The molecule has 106 valence electrons. The molecule has 1 aliphatic rings. The monoisotopic (exact) mass is 268 g/mol. The van der Waals surface area contributed by atoms with Gasteiger partial charge in [-0.15, -0.1) is 0 Å². The molecule has 1 aliphatic heterocycles. The third kappa shape index (κ3) is 3.32. The molecule has 1 fully saturated rings. The van der Waals surface area contributed by atoms with Crippen molar-refractivity contribution >= 4 is 0 Å². The molecule has 0 saturated carbocycles. The van der Waals surface area contributed by atoms with Crippen molar-refractivity contribution in [1.82, 2.24) is 0 Å². The van der Waals surface area contributed by atoms with Gasteiger partial charge in [-0.1, -0.05) is 37.3 Å². The van der Waals surface area contributed by atoms with E-state index in [2.05, 4.69) is 0 Å². The van der Waals surface area contributed by atoms with E-state index in [1.54, 1.807) is 0 Å². The number of benzene rings is 1. The number of aliphatic hydroxyl groups excluding tert-OH is 3. The minimum Gasteiger partial charge on any atom is -0.388 e. The molecule has 0 aliphatic carbocycles. The number of rotatable bonds is 4. The van der Waals surface area contributed by atoms with Crippen LogP contribution in [0.15, 0.2) is 30.3 Å². The van der Waals surface area contributed by atoms with Crippen LogP contribution in [0.25, 0.3) is 0 Å². The molecule has 5 heteroatoms. The Morgan fingerprint density at radius 2 is 1.74 bits per heavy atom. The average Bonchev–Trinajstić information content (AvgIpc) is 2.45. The van der Waals surface area contributed by atoms with Crippen molar-refractivity contribution in [2.75, 3.05) is 0 Å². The highest BCUT2D eigenvalue weighted by atomic mass is 16.7. The quantitative estimate of drug-likeness (QED) is 0.737. The maximum atomic E-state index is 9.84. The Balaban J connectivity index is 1.95. The van der Waals surface area contributed by atoms with Crippen LogP contribution in [0.1, 0.15) is 18.9 Å². The predicted molar refractivity (Wildman–Crippen MR) is 68.2 cm³/mol. The molecule has 1 heterocycles. The van der Waals surface area contributed by atoms with Crippen LogP contribution in [-0.4, -0.2) is 46.0 Å². The van der Waals surface area contributed by atoms with E-state index in [-0.39, 0.29) is 6.61 Å². The highest BCUT2D eigenvalue weighted by Gasteiger charge is 2.43. The molecule has 19 heavy (non-hydrogen) atoms. The lowest BCUT2D eigenvalue weighted by atomic mass is 9.97. The maximum Gasteiger partial charge on any atom is 0.186 e. The Labute approximate surface area is 112 Å². The first-order chi connectivity index (χ1) is 9.13. The molecule has 0 unspecified atom stereocenters. The van der Waals surface area contributed by atoms with Crippen molar-refractivity contribution in [3.05, 3.63) is 35.9 Å². The zero-order chi connectivity index (χ0) is 13.8. The number of hydrogen-bond acceptors (Lipinski definition) is 5. The summed E-state index contributed by atoms with van der Waals surface area (Å²) in [5.41, 5.74) is 0.951. The van der Waals surface area contributed by atoms with Gasteiger partial charge in [-0.3, -0.25) is 0 Å². The lowest BCUT2D eigenvalue weighted by molar-refractivity contribution is -0.300. The molecule has 0 amide bonds. The van der Waals surface area contributed by atoms with E-state index >= 15 is 0 Å². The molecule has 0 spiro atoms. The van der Waals surface area contributed by atoms with E-state index in [4.69, 9.17) is 9.47 Å². The van der Waals surface area contributed by atoms with Gasteiger partial charge in [-0.05, 0) is 12.0 Å². The van der Waals surface area contributed by atoms with Crippen LogP contribution in [0.4, 0.5) is 0 Å². The summed E-state index contributed by atoms with van der Waals surface area (Å²) in [5.74, 6) is 0. The second-order valence-corrected chi connectivity index (χ2v) is 4.72. The van der Waals surface area contributed by atoms with Crippen molar-refractivity contribution in [2.24, 2.45) is 0 Å². The van der Waals surface area contributed by atoms with E-state index in [0.29, 0.717) is 6.42 Å². The molecule has 5 nitrogen and oxygen atoms in total. The van der Waals surface area contributed by atoms with Gasteiger partial charge in [0.25, 0.3) is 0 Å².